The fourth-order valence-electron chi connectivity index (χ4n) is 2.96. The van der Waals surface area contributed by atoms with Crippen LogP contribution in [0.1, 0.15) is 48.3 Å². The van der Waals surface area contributed by atoms with Gasteiger partial charge in [-0.05, 0) is 36.5 Å². The number of carbonyl (C=O) groups excluding carboxylic acids is 2. The first kappa shape index (κ1) is 22.9. The minimum absolute atomic E-state index is 0.117. The minimum atomic E-state index is -0.878. The van der Waals surface area contributed by atoms with Gasteiger partial charge in [-0.2, -0.15) is 0 Å². The average molecular weight is 414 g/mol. The molecule has 0 aliphatic rings. The number of esters is 1. The molecule has 0 aliphatic carbocycles. The molecular weight excluding hydrogens is 388 g/mol. The molecule has 0 saturated carbocycles. The summed E-state index contributed by atoms with van der Waals surface area (Å²) in [4.78, 5) is 34.7. The van der Waals surface area contributed by atoms with Crippen LogP contribution < -0.4 is 10.1 Å². The van der Waals surface area contributed by atoms with E-state index in [-0.39, 0.29) is 23.0 Å². The molecular formula is C22H26N2O6. The van der Waals surface area contributed by atoms with E-state index >= 15 is 0 Å². The zero-order chi connectivity index (χ0) is 22.3. The van der Waals surface area contributed by atoms with Crippen LogP contribution in [0.25, 0.3) is 0 Å². The third kappa shape index (κ3) is 6.30. The van der Waals surface area contributed by atoms with Gasteiger partial charge in [-0.1, -0.05) is 38.1 Å². The maximum absolute atomic E-state index is 12.3. The number of non-ortho nitro benzene ring substituents is 1. The molecule has 0 unspecified atom stereocenters. The number of methoxy groups -OCH3 is 1. The number of carbonyl (C=O) groups is 2. The topological polar surface area (TPSA) is 108 Å². The molecule has 2 rings (SSSR count). The second-order valence-electron chi connectivity index (χ2n) is 7.35. The van der Waals surface area contributed by atoms with Gasteiger partial charge < -0.3 is 14.8 Å². The first-order valence-electron chi connectivity index (χ1n) is 9.59. The Balaban J connectivity index is 1.94. The Kier molecular flexibility index (Phi) is 7.91. The number of nitrogens with zero attached hydrogens (tertiary/aromatic N) is 1. The van der Waals surface area contributed by atoms with Gasteiger partial charge in [-0.15, -0.1) is 0 Å². The van der Waals surface area contributed by atoms with Crippen molar-refractivity contribution in [3.63, 3.8) is 0 Å². The molecule has 0 radical (unpaired) electrons. The Morgan fingerprint density at radius 1 is 1.10 bits per heavy atom. The average Bonchev–Trinajstić information content (AvgIpc) is 2.71. The Morgan fingerprint density at radius 2 is 1.77 bits per heavy atom. The highest BCUT2D eigenvalue weighted by Gasteiger charge is 2.20. The Hall–Kier alpha value is -3.42. The molecule has 0 aromatic heterocycles. The van der Waals surface area contributed by atoms with E-state index < -0.39 is 23.4 Å². The number of amides is 1. The zero-order valence-electron chi connectivity index (χ0n) is 17.5. The normalized spacial score (nSPS) is 11.6. The van der Waals surface area contributed by atoms with Crippen LogP contribution in [0.5, 0.6) is 5.75 Å². The molecule has 2 aromatic carbocycles. The van der Waals surface area contributed by atoms with Crippen LogP contribution in [0.15, 0.2) is 42.5 Å². The maximum atomic E-state index is 12.3. The fraction of sp³-hybridized carbons (Fsp3) is 0.364. The first-order valence-corrected chi connectivity index (χ1v) is 9.59. The summed E-state index contributed by atoms with van der Waals surface area (Å²) in [6.45, 7) is 5.63. The van der Waals surface area contributed by atoms with Crippen LogP contribution in [0.2, 0.25) is 0 Å². The molecule has 8 nitrogen and oxygen atoms in total. The van der Waals surface area contributed by atoms with Crippen molar-refractivity contribution in [3.05, 3.63) is 69.3 Å². The van der Waals surface area contributed by atoms with Gasteiger partial charge in [0.25, 0.3) is 11.6 Å². The standard InChI is InChI=1S/C22H26N2O6/c1-14(2)11-16-5-7-17(8-6-16)15(3)23-21(25)13-30-22(26)19-12-18(24(27)28)9-10-20(19)29-4/h5-10,12,14-15H,11,13H2,1-4H3,(H,23,25)/t15-/m1/s1. The van der Waals surface area contributed by atoms with Crippen molar-refractivity contribution in [2.75, 3.05) is 13.7 Å². The van der Waals surface area contributed by atoms with Gasteiger partial charge in [0.1, 0.15) is 11.3 Å². The SMILES string of the molecule is COc1ccc([N+](=O)[O-])cc1C(=O)OCC(=O)N[C@H](C)c1ccc(CC(C)C)cc1. The highest BCUT2D eigenvalue weighted by Crippen LogP contribution is 2.24. The van der Waals surface area contributed by atoms with Crippen molar-refractivity contribution >= 4 is 17.6 Å². The first-order chi connectivity index (χ1) is 14.2. The third-order valence-electron chi connectivity index (χ3n) is 4.45. The largest absolute Gasteiger partial charge is 0.496 e. The quantitative estimate of drug-likeness (QED) is 0.379. The molecule has 0 saturated heterocycles. The molecule has 2 aromatic rings. The Bertz CT molecular complexity index is 908. The number of nitrogens with one attached hydrogen (secondary N) is 1. The summed E-state index contributed by atoms with van der Waals surface area (Å²) in [5, 5.41) is 13.7. The van der Waals surface area contributed by atoms with E-state index in [1.807, 2.05) is 31.2 Å². The van der Waals surface area contributed by atoms with Crippen LogP contribution in [-0.2, 0) is 16.0 Å². The highest BCUT2D eigenvalue weighted by atomic mass is 16.6. The van der Waals surface area contributed by atoms with Gasteiger partial charge in [-0.25, -0.2) is 4.79 Å². The van der Waals surface area contributed by atoms with E-state index in [0.717, 1.165) is 18.1 Å². The molecule has 8 heteroatoms. The number of hydrogen-bond acceptors (Lipinski definition) is 6. The summed E-state index contributed by atoms with van der Waals surface area (Å²) >= 11 is 0. The second kappa shape index (κ2) is 10.4. The van der Waals surface area contributed by atoms with E-state index in [1.165, 1.54) is 24.8 Å². The molecule has 1 N–H and O–H groups in total. The summed E-state index contributed by atoms with van der Waals surface area (Å²) in [5.41, 5.74) is 1.77. The van der Waals surface area contributed by atoms with Crippen LogP contribution in [0.3, 0.4) is 0 Å². The van der Waals surface area contributed by atoms with E-state index in [9.17, 15) is 19.7 Å². The van der Waals surface area contributed by atoms with Gasteiger partial charge in [-0.3, -0.25) is 14.9 Å². The zero-order valence-corrected chi connectivity index (χ0v) is 17.5. The monoisotopic (exact) mass is 414 g/mol. The predicted octanol–water partition coefficient (Wildman–Crippen LogP) is 3.84. The van der Waals surface area contributed by atoms with Crippen LogP contribution in [0.4, 0.5) is 5.69 Å². The summed E-state index contributed by atoms with van der Waals surface area (Å²) in [5.74, 6) is -0.670. The second-order valence-corrected chi connectivity index (χ2v) is 7.35. The van der Waals surface area contributed by atoms with E-state index in [2.05, 4.69) is 19.2 Å². The van der Waals surface area contributed by atoms with Crippen LogP contribution in [0, 0.1) is 16.0 Å². The van der Waals surface area contributed by atoms with Crippen molar-refractivity contribution in [2.24, 2.45) is 5.92 Å². The van der Waals surface area contributed by atoms with Gasteiger partial charge >= 0.3 is 5.97 Å². The van der Waals surface area contributed by atoms with Crippen molar-refractivity contribution in [2.45, 2.75) is 33.2 Å². The Morgan fingerprint density at radius 3 is 2.33 bits per heavy atom. The van der Waals surface area contributed by atoms with E-state index in [1.54, 1.807) is 0 Å². The number of rotatable bonds is 9. The van der Waals surface area contributed by atoms with Gasteiger partial charge in [0, 0.05) is 12.1 Å². The molecule has 0 spiro atoms. The number of nitro benzene ring substituents is 1. The van der Waals surface area contributed by atoms with E-state index in [4.69, 9.17) is 9.47 Å². The molecule has 0 aliphatic heterocycles. The molecule has 160 valence electrons. The number of nitro groups is 1. The third-order valence-corrected chi connectivity index (χ3v) is 4.45. The van der Waals surface area contributed by atoms with E-state index in [0.29, 0.717) is 5.92 Å². The Labute approximate surface area is 175 Å². The minimum Gasteiger partial charge on any atom is -0.496 e. The number of ether oxygens (including phenoxy) is 2. The number of benzene rings is 2. The summed E-state index contributed by atoms with van der Waals surface area (Å²) in [7, 11) is 1.33. The molecule has 0 heterocycles. The smallest absolute Gasteiger partial charge is 0.342 e. The van der Waals surface area contributed by atoms with Crippen LogP contribution >= 0.6 is 0 Å². The fourth-order valence-corrected chi connectivity index (χ4v) is 2.96. The van der Waals surface area contributed by atoms with Crippen molar-refractivity contribution < 1.29 is 24.0 Å². The van der Waals surface area contributed by atoms with Gasteiger partial charge in [0.05, 0.1) is 18.1 Å². The maximum Gasteiger partial charge on any atom is 0.342 e. The summed E-state index contributed by atoms with van der Waals surface area (Å²) < 4.78 is 10.1. The molecule has 1 atom stereocenters. The number of hydrogen-bond donors (Lipinski definition) is 1. The molecule has 30 heavy (non-hydrogen) atoms. The molecule has 1 amide bonds. The van der Waals surface area contributed by atoms with Crippen molar-refractivity contribution in [1.82, 2.24) is 5.32 Å². The van der Waals surface area contributed by atoms with Gasteiger partial charge in [0.2, 0.25) is 0 Å². The summed E-state index contributed by atoms with van der Waals surface area (Å²) in [6, 6.07) is 11.3. The lowest BCUT2D eigenvalue weighted by Gasteiger charge is -2.15. The highest BCUT2D eigenvalue weighted by molar-refractivity contribution is 5.94. The predicted molar refractivity (Wildman–Crippen MR) is 111 cm³/mol. The van der Waals surface area contributed by atoms with Crippen LogP contribution in [-0.4, -0.2) is 30.5 Å². The van der Waals surface area contributed by atoms with Gasteiger partial charge in [0.15, 0.2) is 6.61 Å². The molecule has 0 fully saturated rings. The lowest BCUT2D eigenvalue weighted by atomic mass is 10.00. The van der Waals surface area contributed by atoms with Crippen molar-refractivity contribution in [3.8, 4) is 5.75 Å². The lowest BCUT2D eigenvalue weighted by molar-refractivity contribution is -0.384. The van der Waals surface area contributed by atoms with Crippen molar-refractivity contribution in [1.29, 1.82) is 0 Å². The lowest BCUT2D eigenvalue weighted by Crippen LogP contribution is -2.31. The molecule has 0 bridgehead atoms. The summed E-state index contributed by atoms with van der Waals surface area (Å²) in [6.07, 6.45) is 0.984.